The molecule has 0 fully saturated rings. The molecule has 1 heterocycles. The Kier molecular flexibility index (Phi) is 6.47. The van der Waals surface area contributed by atoms with Gasteiger partial charge in [0, 0.05) is 11.8 Å². The molecule has 2 aromatic rings. The number of sulfone groups is 1. The third-order valence-electron chi connectivity index (χ3n) is 3.65. The van der Waals surface area contributed by atoms with Gasteiger partial charge in [0.25, 0.3) is 11.8 Å². The third kappa shape index (κ3) is 5.13. The van der Waals surface area contributed by atoms with Crippen LogP contribution < -0.4 is 10.9 Å². The van der Waals surface area contributed by atoms with Crippen molar-refractivity contribution >= 4 is 27.6 Å². The standard InChI is InChI=1S/C18H19N3O6S/c1-4-27-18(24)14-9-10-15(19-11(14)2)17(23)21-20-16(22)12-5-7-13(8-6-12)28(3,25)26/h5-10H,4H2,1-3H3,(H,20,22)(H,21,23). The maximum absolute atomic E-state index is 12.1. The van der Waals surface area contributed by atoms with E-state index in [0.29, 0.717) is 5.69 Å². The van der Waals surface area contributed by atoms with Crippen LogP contribution in [-0.4, -0.2) is 44.0 Å². The predicted molar refractivity (Wildman–Crippen MR) is 99.4 cm³/mol. The van der Waals surface area contributed by atoms with E-state index in [9.17, 15) is 22.8 Å². The summed E-state index contributed by atoms with van der Waals surface area (Å²) in [5, 5.41) is 0. The number of hydrogen-bond acceptors (Lipinski definition) is 7. The molecule has 0 aliphatic rings. The zero-order valence-electron chi connectivity index (χ0n) is 15.5. The Balaban J connectivity index is 2.02. The normalized spacial score (nSPS) is 10.8. The van der Waals surface area contributed by atoms with Crippen LogP contribution in [0.15, 0.2) is 41.3 Å². The van der Waals surface area contributed by atoms with Crippen LogP contribution in [0.3, 0.4) is 0 Å². The number of aromatic nitrogens is 1. The number of nitrogens with one attached hydrogen (secondary N) is 2. The van der Waals surface area contributed by atoms with E-state index in [1.165, 1.54) is 36.4 Å². The van der Waals surface area contributed by atoms with Gasteiger partial charge in [0.2, 0.25) is 0 Å². The number of ether oxygens (including phenoxy) is 1. The highest BCUT2D eigenvalue weighted by Crippen LogP contribution is 2.11. The summed E-state index contributed by atoms with van der Waals surface area (Å²) in [7, 11) is -3.37. The van der Waals surface area contributed by atoms with Gasteiger partial charge in [-0.3, -0.25) is 20.4 Å². The molecule has 1 aromatic carbocycles. The second-order valence-corrected chi connectivity index (χ2v) is 7.77. The minimum absolute atomic E-state index is 0.00160. The zero-order chi connectivity index (χ0) is 20.9. The maximum atomic E-state index is 12.1. The molecule has 0 aliphatic carbocycles. The first-order valence-corrected chi connectivity index (χ1v) is 10.1. The van der Waals surface area contributed by atoms with Gasteiger partial charge >= 0.3 is 5.97 Å². The first-order chi connectivity index (χ1) is 13.1. The molecule has 9 nitrogen and oxygen atoms in total. The van der Waals surface area contributed by atoms with Gasteiger partial charge in [-0.25, -0.2) is 18.2 Å². The summed E-state index contributed by atoms with van der Waals surface area (Å²) in [4.78, 5) is 40.1. The first kappa shape index (κ1) is 21.0. The highest BCUT2D eigenvalue weighted by Gasteiger charge is 2.16. The summed E-state index contributed by atoms with van der Waals surface area (Å²) in [5.74, 6) is -1.85. The number of carbonyl (C=O) groups is 3. The van der Waals surface area contributed by atoms with E-state index in [0.717, 1.165) is 6.26 Å². The molecule has 0 saturated heterocycles. The Morgan fingerprint density at radius 1 is 1.00 bits per heavy atom. The van der Waals surface area contributed by atoms with Crippen molar-refractivity contribution in [2.45, 2.75) is 18.7 Å². The molecule has 10 heteroatoms. The average molecular weight is 405 g/mol. The summed E-state index contributed by atoms with van der Waals surface area (Å²) in [6.45, 7) is 3.46. The van der Waals surface area contributed by atoms with Crippen LogP contribution in [0.2, 0.25) is 0 Å². The molecule has 1 aromatic heterocycles. The molecule has 0 bridgehead atoms. The molecule has 0 aliphatic heterocycles. The van der Waals surface area contributed by atoms with Crippen molar-refractivity contribution in [3.05, 3.63) is 58.9 Å². The predicted octanol–water partition coefficient (Wildman–Crippen LogP) is 1.05. The number of aryl methyl sites for hydroxylation is 1. The van der Waals surface area contributed by atoms with Gasteiger partial charge in [-0.05, 0) is 50.2 Å². The van der Waals surface area contributed by atoms with Crippen LogP contribution >= 0.6 is 0 Å². The van der Waals surface area contributed by atoms with Crippen LogP contribution in [0.4, 0.5) is 0 Å². The van der Waals surface area contributed by atoms with E-state index in [2.05, 4.69) is 15.8 Å². The average Bonchev–Trinajstić information content (AvgIpc) is 2.65. The Hall–Kier alpha value is -3.27. The smallest absolute Gasteiger partial charge is 0.339 e. The summed E-state index contributed by atoms with van der Waals surface area (Å²) in [6, 6.07) is 8.00. The van der Waals surface area contributed by atoms with Crippen molar-refractivity contribution in [3.63, 3.8) is 0 Å². The number of rotatable bonds is 5. The number of pyridine rings is 1. The number of hydrogen-bond donors (Lipinski definition) is 2. The van der Waals surface area contributed by atoms with E-state index in [1.54, 1.807) is 13.8 Å². The molecule has 0 atom stereocenters. The molecule has 2 amide bonds. The van der Waals surface area contributed by atoms with Gasteiger partial charge in [-0.2, -0.15) is 0 Å². The molecule has 0 radical (unpaired) electrons. The Bertz CT molecular complexity index is 1020. The lowest BCUT2D eigenvalue weighted by molar-refractivity contribution is 0.0524. The molecule has 0 unspecified atom stereocenters. The molecule has 2 N–H and O–H groups in total. The van der Waals surface area contributed by atoms with Gasteiger partial charge < -0.3 is 4.74 Å². The topological polar surface area (TPSA) is 132 Å². The second kappa shape index (κ2) is 8.61. The van der Waals surface area contributed by atoms with Gasteiger partial charge in [-0.1, -0.05) is 0 Å². The Labute approximate surface area is 162 Å². The lowest BCUT2D eigenvalue weighted by Crippen LogP contribution is -2.42. The molecule has 148 valence electrons. The molecular formula is C18H19N3O6S. The lowest BCUT2D eigenvalue weighted by atomic mass is 10.2. The lowest BCUT2D eigenvalue weighted by Gasteiger charge is -2.09. The maximum Gasteiger partial charge on any atom is 0.339 e. The first-order valence-electron chi connectivity index (χ1n) is 8.19. The minimum atomic E-state index is -3.37. The molecule has 28 heavy (non-hydrogen) atoms. The highest BCUT2D eigenvalue weighted by atomic mass is 32.2. The summed E-state index contributed by atoms with van der Waals surface area (Å²) < 4.78 is 27.7. The fourth-order valence-corrected chi connectivity index (χ4v) is 2.85. The van der Waals surface area contributed by atoms with Crippen molar-refractivity contribution in [2.75, 3.05) is 12.9 Å². The van der Waals surface area contributed by atoms with Crippen LogP contribution in [-0.2, 0) is 14.6 Å². The van der Waals surface area contributed by atoms with E-state index < -0.39 is 27.6 Å². The van der Waals surface area contributed by atoms with Crippen molar-refractivity contribution in [1.29, 1.82) is 0 Å². The van der Waals surface area contributed by atoms with Crippen molar-refractivity contribution in [3.8, 4) is 0 Å². The number of nitrogens with zero attached hydrogens (tertiary/aromatic N) is 1. The van der Waals surface area contributed by atoms with Crippen molar-refractivity contribution in [2.24, 2.45) is 0 Å². The number of carbonyl (C=O) groups excluding carboxylic acids is 3. The van der Waals surface area contributed by atoms with Crippen LogP contribution in [0, 0.1) is 6.92 Å². The van der Waals surface area contributed by atoms with Gasteiger partial charge in [0.1, 0.15) is 5.69 Å². The fourth-order valence-electron chi connectivity index (χ4n) is 2.22. The quantitative estimate of drug-likeness (QED) is 0.561. The van der Waals surface area contributed by atoms with E-state index >= 15 is 0 Å². The molecule has 0 spiro atoms. The molecule has 2 rings (SSSR count). The monoisotopic (exact) mass is 405 g/mol. The highest BCUT2D eigenvalue weighted by molar-refractivity contribution is 7.90. The van der Waals surface area contributed by atoms with E-state index in [4.69, 9.17) is 4.74 Å². The number of benzene rings is 1. The Morgan fingerprint density at radius 2 is 1.61 bits per heavy atom. The number of esters is 1. The Morgan fingerprint density at radius 3 is 2.14 bits per heavy atom. The minimum Gasteiger partial charge on any atom is -0.462 e. The largest absolute Gasteiger partial charge is 0.462 e. The molecule has 0 saturated carbocycles. The summed E-state index contributed by atoms with van der Waals surface area (Å²) in [5.41, 5.74) is 5.14. The summed E-state index contributed by atoms with van der Waals surface area (Å²) >= 11 is 0. The van der Waals surface area contributed by atoms with Crippen molar-refractivity contribution in [1.82, 2.24) is 15.8 Å². The van der Waals surface area contributed by atoms with Gasteiger partial charge in [0.15, 0.2) is 9.84 Å². The number of amides is 2. The van der Waals surface area contributed by atoms with E-state index in [1.807, 2.05) is 0 Å². The zero-order valence-corrected chi connectivity index (χ0v) is 16.3. The van der Waals surface area contributed by atoms with Gasteiger partial charge in [0.05, 0.1) is 22.8 Å². The van der Waals surface area contributed by atoms with Crippen LogP contribution in [0.1, 0.15) is 43.8 Å². The SMILES string of the molecule is CCOC(=O)c1ccc(C(=O)NNC(=O)c2ccc(S(C)(=O)=O)cc2)nc1C. The van der Waals surface area contributed by atoms with Crippen molar-refractivity contribution < 1.29 is 27.5 Å². The van der Waals surface area contributed by atoms with E-state index in [-0.39, 0.29) is 28.3 Å². The number of hydrazine groups is 1. The second-order valence-electron chi connectivity index (χ2n) is 5.75. The molecular weight excluding hydrogens is 386 g/mol. The fraction of sp³-hybridized carbons (Fsp3) is 0.222. The van der Waals surface area contributed by atoms with Crippen LogP contribution in [0.5, 0.6) is 0 Å². The van der Waals surface area contributed by atoms with Crippen LogP contribution in [0.25, 0.3) is 0 Å². The van der Waals surface area contributed by atoms with Gasteiger partial charge in [-0.15, -0.1) is 0 Å². The summed E-state index contributed by atoms with van der Waals surface area (Å²) in [6.07, 6.45) is 1.06. The third-order valence-corrected chi connectivity index (χ3v) is 4.78.